The van der Waals surface area contributed by atoms with Gasteiger partial charge in [-0.05, 0) is 66.4 Å². The minimum Gasteiger partial charge on any atom is -0.321 e. The normalized spacial score (nSPS) is 11.2. The van der Waals surface area contributed by atoms with Crippen molar-refractivity contribution in [2.75, 3.05) is 16.4 Å². The Morgan fingerprint density at radius 1 is 0.900 bits per heavy atom. The molecule has 0 spiro atoms. The fourth-order valence-corrected chi connectivity index (χ4v) is 4.88. The molecule has 1 heterocycles. The lowest BCUT2D eigenvalue weighted by molar-refractivity contribution is -0.114. The van der Waals surface area contributed by atoms with Crippen LogP contribution in [0.25, 0.3) is 6.08 Å². The first kappa shape index (κ1) is 28.7. The zero-order valence-corrected chi connectivity index (χ0v) is 23.9. The zero-order chi connectivity index (χ0) is 28.5. The van der Waals surface area contributed by atoms with Crippen molar-refractivity contribution < 1.29 is 14.4 Å². The molecule has 0 saturated carbocycles. The molecule has 10 heteroatoms. The van der Waals surface area contributed by atoms with Gasteiger partial charge in [0.2, 0.25) is 11.0 Å². The Kier molecular flexibility index (Phi) is 9.82. The van der Waals surface area contributed by atoms with E-state index in [0.29, 0.717) is 22.3 Å². The summed E-state index contributed by atoms with van der Waals surface area (Å²) in [6, 6.07) is 23.7. The summed E-state index contributed by atoms with van der Waals surface area (Å²) in [6.45, 7) is 6.05. The lowest BCUT2D eigenvalue weighted by Crippen LogP contribution is -2.30. The zero-order valence-electron chi connectivity index (χ0n) is 22.3. The molecule has 0 aliphatic heterocycles. The third kappa shape index (κ3) is 8.36. The lowest BCUT2D eigenvalue weighted by atomic mass is 10.0. The smallest absolute Gasteiger partial charge is 0.272 e. The topological polar surface area (TPSA) is 113 Å². The maximum absolute atomic E-state index is 13.3. The van der Waals surface area contributed by atoms with E-state index >= 15 is 0 Å². The predicted molar refractivity (Wildman–Crippen MR) is 161 cm³/mol. The van der Waals surface area contributed by atoms with Crippen LogP contribution in [0.5, 0.6) is 0 Å². The molecule has 0 saturated heterocycles. The second-order valence-corrected chi connectivity index (χ2v) is 11.4. The first-order valence-electron chi connectivity index (χ1n) is 12.6. The van der Waals surface area contributed by atoms with Crippen LogP contribution in [0.4, 0.5) is 10.8 Å². The van der Waals surface area contributed by atoms with E-state index in [1.165, 1.54) is 28.7 Å². The Morgan fingerprint density at radius 3 is 2.23 bits per heavy atom. The van der Waals surface area contributed by atoms with Crippen LogP contribution in [0.15, 0.2) is 89.5 Å². The third-order valence-corrected chi connectivity index (χ3v) is 7.46. The van der Waals surface area contributed by atoms with Gasteiger partial charge in [0, 0.05) is 16.1 Å². The number of rotatable bonds is 10. The minimum absolute atomic E-state index is 0.119. The summed E-state index contributed by atoms with van der Waals surface area (Å²) < 4.78 is 0. The Morgan fingerprint density at radius 2 is 1.60 bits per heavy atom. The number of hydrogen-bond donors (Lipinski definition) is 3. The molecule has 4 aromatic rings. The number of carbonyl (C=O) groups excluding carboxylic acids is 3. The fourth-order valence-electron chi connectivity index (χ4n) is 3.57. The second kappa shape index (κ2) is 13.7. The van der Waals surface area contributed by atoms with Crippen molar-refractivity contribution >= 4 is 57.7 Å². The molecule has 40 heavy (non-hydrogen) atoms. The number of nitrogens with zero attached hydrogens (tertiary/aromatic N) is 2. The van der Waals surface area contributed by atoms with Crippen molar-refractivity contribution in [1.82, 2.24) is 15.5 Å². The number of nitrogens with one attached hydrogen (secondary N) is 3. The second-order valence-electron chi connectivity index (χ2n) is 9.14. The number of benzene rings is 3. The lowest BCUT2D eigenvalue weighted by Gasteiger charge is -2.12. The van der Waals surface area contributed by atoms with E-state index in [0.717, 1.165) is 15.5 Å². The quantitative estimate of drug-likeness (QED) is 0.156. The van der Waals surface area contributed by atoms with E-state index in [2.05, 4.69) is 40.0 Å². The van der Waals surface area contributed by atoms with Gasteiger partial charge >= 0.3 is 0 Å². The van der Waals surface area contributed by atoms with E-state index in [-0.39, 0.29) is 23.3 Å². The van der Waals surface area contributed by atoms with Crippen molar-refractivity contribution in [3.8, 4) is 0 Å². The molecule has 3 N–H and O–H groups in total. The highest BCUT2D eigenvalue weighted by atomic mass is 32.2. The van der Waals surface area contributed by atoms with Crippen LogP contribution in [0.3, 0.4) is 0 Å². The molecule has 1 aromatic heterocycles. The van der Waals surface area contributed by atoms with Gasteiger partial charge in [-0.15, -0.1) is 22.0 Å². The van der Waals surface area contributed by atoms with Gasteiger partial charge in [0.15, 0.2) is 0 Å². The first-order valence-corrected chi connectivity index (χ1v) is 14.4. The predicted octanol–water partition coefficient (Wildman–Crippen LogP) is 6.11. The Balaban J connectivity index is 1.42. The van der Waals surface area contributed by atoms with Crippen molar-refractivity contribution in [1.29, 1.82) is 0 Å². The number of carbonyl (C=O) groups is 3. The number of aryl methyl sites for hydroxylation is 1. The Hall–Kier alpha value is -4.28. The SMILES string of the molecule is Cc1nnc(NC(=O)CSc2ccc(NC(=O)C(=Cc3ccc(C(C)C)cc3)NC(=O)c3ccccc3)cc2)s1. The molecule has 0 bridgehead atoms. The molecule has 4 rings (SSSR count). The van der Waals surface area contributed by atoms with Crippen molar-refractivity contribution in [2.24, 2.45) is 0 Å². The Bertz CT molecular complexity index is 1500. The van der Waals surface area contributed by atoms with Gasteiger partial charge in [0.25, 0.3) is 11.8 Å². The first-order chi connectivity index (χ1) is 19.3. The summed E-state index contributed by atoms with van der Waals surface area (Å²) in [6.07, 6.45) is 1.66. The van der Waals surface area contributed by atoms with E-state index < -0.39 is 5.91 Å². The van der Waals surface area contributed by atoms with Crippen LogP contribution < -0.4 is 16.0 Å². The highest BCUT2D eigenvalue weighted by Crippen LogP contribution is 2.22. The van der Waals surface area contributed by atoms with Crippen molar-refractivity contribution in [3.05, 3.63) is 106 Å². The Labute approximate surface area is 241 Å². The minimum atomic E-state index is -0.454. The van der Waals surface area contributed by atoms with Crippen LogP contribution in [0.1, 0.15) is 46.3 Å². The molecule has 0 fully saturated rings. The van der Waals surface area contributed by atoms with Gasteiger partial charge in [0.05, 0.1) is 5.75 Å². The average Bonchev–Trinajstić information content (AvgIpc) is 3.37. The fraction of sp³-hybridized carbons (Fsp3) is 0.167. The van der Waals surface area contributed by atoms with Crippen LogP contribution in [0, 0.1) is 6.92 Å². The highest BCUT2D eigenvalue weighted by molar-refractivity contribution is 8.00. The van der Waals surface area contributed by atoms with Gasteiger partial charge in [-0.3, -0.25) is 19.7 Å². The molecule has 204 valence electrons. The summed E-state index contributed by atoms with van der Waals surface area (Å²) in [5.74, 6) is -0.422. The van der Waals surface area contributed by atoms with Gasteiger partial charge in [-0.25, -0.2) is 0 Å². The van der Waals surface area contributed by atoms with Crippen LogP contribution in [-0.2, 0) is 9.59 Å². The molecule has 0 aliphatic carbocycles. The van der Waals surface area contributed by atoms with Gasteiger partial charge in [-0.1, -0.05) is 67.6 Å². The number of hydrogen-bond acceptors (Lipinski definition) is 7. The number of amides is 3. The molecule has 0 unspecified atom stereocenters. The molecule has 8 nitrogen and oxygen atoms in total. The number of thioether (sulfide) groups is 1. The molecular formula is C30H29N5O3S2. The molecule has 0 radical (unpaired) electrons. The summed E-state index contributed by atoms with van der Waals surface area (Å²) in [7, 11) is 0. The maximum Gasteiger partial charge on any atom is 0.272 e. The van der Waals surface area contributed by atoms with Gasteiger partial charge in [-0.2, -0.15) is 0 Å². The van der Waals surface area contributed by atoms with Crippen LogP contribution in [0.2, 0.25) is 0 Å². The van der Waals surface area contributed by atoms with E-state index in [1.54, 1.807) is 42.5 Å². The third-order valence-electron chi connectivity index (χ3n) is 5.70. The van der Waals surface area contributed by atoms with Crippen LogP contribution >= 0.6 is 23.1 Å². The molecule has 0 aliphatic rings. The van der Waals surface area contributed by atoms with Gasteiger partial charge in [0.1, 0.15) is 10.7 Å². The average molecular weight is 572 g/mol. The standard InChI is InChI=1S/C30H29N5O3S2/c1-19(2)22-11-9-21(10-12-22)17-26(32-28(37)23-7-5-4-6-8-23)29(38)31-24-13-15-25(16-14-24)39-18-27(36)33-30-35-34-20(3)40-30/h4-17,19H,18H2,1-3H3,(H,31,38)(H,32,37)(H,33,35,36). The molecular weight excluding hydrogens is 542 g/mol. The molecule has 3 aromatic carbocycles. The summed E-state index contributed by atoms with van der Waals surface area (Å²) in [4.78, 5) is 39.2. The molecule has 0 atom stereocenters. The van der Waals surface area contributed by atoms with Crippen LogP contribution in [-0.4, -0.2) is 33.7 Å². The highest BCUT2D eigenvalue weighted by Gasteiger charge is 2.15. The number of aromatic nitrogens is 2. The summed E-state index contributed by atoms with van der Waals surface area (Å²) in [5, 5.41) is 17.4. The van der Waals surface area contributed by atoms with E-state index in [4.69, 9.17) is 0 Å². The summed E-state index contributed by atoms with van der Waals surface area (Å²) >= 11 is 2.68. The molecule has 3 amide bonds. The van der Waals surface area contributed by atoms with Crippen molar-refractivity contribution in [3.63, 3.8) is 0 Å². The summed E-state index contributed by atoms with van der Waals surface area (Å²) in [5.41, 5.74) is 3.09. The van der Waals surface area contributed by atoms with Crippen molar-refractivity contribution in [2.45, 2.75) is 31.6 Å². The monoisotopic (exact) mass is 571 g/mol. The van der Waals surface area contributed by atoms with E-state index in [1.807, 2.05) is 49.4 Å². The van der Waals surface area contributed by atoms with Gasteiger partial charge < -0.3 is 10.6 Å². The number of anilines is 2. The van der Waals surface area contributed by atoms with E-state index in [9.17, 15) is 14.4 Å². The maximum atomic E-state index is 13.3. The largest absolute Gasteiger partial charge is 0.321 e.